The summed E-state index contributed by atoms with van der Waals surface area (Å²) in [5.74, 6) is -1.53. The third-order valence-electron chi connectivity index (χ3n) is 4.89. The van der Waals surface area contributed by atoms with E-state index >= 15 is 0 Å². The number of nitrogens with one attached hydrogen (secondary N) is 2. The zero-order chi connectivity index (χ0) is 29.1. The summed E-state index contributed by atoms with van der Waals surface area (Å²) in [7, 11) is 0. The monoisotopic (exact) mass is 669 g/mol. The fourth-order valence-electron chi connectivity index (χ4n) is 2.98. The largest absolute Gasteiger partial charge is 2.00 e. The minimum Gasteiger partial charge on any atom is -0.871 e. The minimum atomic E-state index is -0.395. The first kappa shape index (κ1) is 33.6. The normalized spacial score (nSPS) is 10.4. The van der Waals surface area contributed by atoms with Gasteiger partial charge in [-0.1, -0.05) is 94.3 Å². The maximum absolute atomic E-state index is 11.7. The number of hydrogen-bond acceptors (Lipinski definition) is 6. The van der Waals surface area contributed by atoms with E-state index in [2.05, 4.69) is 21.1 Å². The van der Waals surface area contributed by atoms with Crippen LogP contribution in [0.25, 0.3) is 0 Å². The topological polar surface area (TPSA) is 129 Å². The van der Waals surface area contributed by atoms with Crippen molar-refractivity contribution < 1.29 is 36.9 Å². The van der Waals surface area contributed by atoms with Gasteiger partial charge in [-0.05, 0) is 59.7 Å². The molecule has 0 saturated carbocycles. The van der Waals surface area contributed by atoms with Crippen molar-refractivity contribution in [3.63, 3.8) is 0 Å². The van der Waals surface area contributed by atoms with Crippen molar-refractivity contribution in [2.75, 3.05) is 0 Å². The molecule has 0 spiro atoms. The van der Waals surface area contributed by atoms with Gasteiger partial charge in [0.2, 0.25) is 0 Å². The maximum atomic E-state index is 11.7. The van der Waals surface area contributed by atoms with E-state index in [0.29, 0.717) is 21.2 Å². The summed E-state index contributed by atoms with van der Waals surface area (Å²) < 4.78 is 0. The van der Waals surface area contributed by atoms with E-state index in [1.165, 1.54) is 36.7 Å². The van der Waals surface area contributed by atoms with Crippen LogP contribution in [0.1, 0.15) is 31.8 Å². The first-order valence-corrected chi connectivity index (χ1v) is 12.8. The zero-order valence-electron chi connectivity index (χ0n) is 20.7. The van der Waals surface area contributed by atoms with Crippen molar-refractivity contribution in [3.05, 3.63) is 127 Å². The quantitative estimate of drug-likeness (QED) is 0.156. The summed E-state index contributed by atoms with van der Waals surface area (Å²) in [6, 6.07) is 22.7. The van der Waals surface area contributed by atoms with Crippen molar-refractivity contribution >= 4 is 70.6 Å². The van der Waals surface area contributed by atoms with Gasteiger partial charge in [-0.25, -0.2) is 10.9 Å². The molecule has 13 heteroatoms. The summed E-state index contributed by atoms with van der Waals surface area (Å²) in [5.41, 5.74) is 5.98. The van der Waals surface area contributed by atoms with Crippen molar-refractivity contribution in [2.45, 2.75) is 0 Å². The summed E-state index contributed by atoms with van der Waals surface area (Å²) in [5, 5.41) is 31.4. The van der Waals surface area contributed by atoms with E-state index in [-0.39, 0.29) is 50.1 Å². The molecule has 4 rings (SSSR count). The van der Waals surface area contributed by atoms with Crippen LogP contribution in [-0.4, -0.2) is 24.2 Å². The molecule has 0 bridgehead atoms. The van der Waals surface area contributed by atoms with Gasteiger partial charge >= 0.3 is 17.1 Å². The Morgan fingerprint density at radius 1 is 0.610 bits per heavy atom. The van der Waals surface area contributed by atoms with Gasteiger partial charge in [0.05, 0.1) is 12.4 Å². The summed E-state index contributed by atoms with van der Waals surface area (Å²) in [4.78, 5) is 23.4. The summed E-state index contributed by atoms with van der Waals surface area (Å²) >= 11 is 23.0. The average molecular weight is 671 g/mol. The Morgan fingerprint density at radius 2 is 0.951 bits per heavy atom. The Bertz CT molecular complexity index is 1440. The SMILES string of the molecule is O=C(N/N=C/c1cc(Cl)cc(Cl)c1[O-])c1ccccc1.O=C(N/N=C\c1cc(Cl)cc(Cl)c1[O-])c1ccccc1.[Mn+2]. The van der Waals surface area contributed by atoms with Crippen LogP contribution in [0.2, 0.25) is 20.1 Å². The zero-order valence-corrected chi connectivity index (χ0v) is 24.9. The predicted octanol–water partition coefficient (Wildman–Crippen LogP) is 5.66. The number of hydrogen-bond donors (Lipinski definition) is 2. The van der Waals surface area contributed by atoms with E-state index in [4.69, 9.17) is 46.4 Å². The second-order valence-corrected chi connectivity index (χ2v) is 9.43. The van der Waals surface area contributed by atoms with Gasteiger partial charge < -0.3 is 10.2 Å². The number of nitrogens with zero attached hydrogens (tertiary/aromatic N) is 2. The number of rotatable bonds is 6. The fraction of sp³-hybridized carbons (Fsp3) is 0. The van der Waals surface area contributed by atoms with Gasteiger partial charge in [-0.3, -0.25) is 9.59 Å². The van der Waals surface area contributed by atoms with Crippen molar-refractivity contribution in [1.82, 2.24) is 10.9 Å². The number of carbonyl (C=O) groups is 2. The Morgan fingerprint density at radius 3 is 1.29 bits per heavy atom. The molecule has 8 nitrogen and oxygen atoms in total. The summed E-state index contributed by atoms with van der Waals surface area (Å²) in [6.07, 6.45) is 2.42. The van der Waals surface area contributed by atoms with E-state index in [1.54, 1.807) is 60.7 Å². The van der Waals surface area contributed by atoms with Crippen LogP contribution in [-0.2, 0) is 17.1 Å². The molecule has 41 heavy (non-hydrogen) atoms. The van der Waals surface area contributed by atoms with E-state index < -0.39 is 11.5 Å². The average Bonchev–Trinajstić information content (AvgIpc) is 2.95. The van der Waals surface area contributed by atoms with Crippen LogP contribution >= 0.6 is 46.4 Å². The number of carbonyl (C=O) groups excluding carboxylic acids is 2. The predicted molar refractivity (Wildman–Crippen MR) is 155 cm³/mol. The first-order chi connectivity index (χ1) is 19.2. The molecule has 4 aromatic rings. The molecule has 0 atom stereocenters. The van der Waals surface area contributed by atoms with Gasteiger partial charge in [0.15, 0.2) is 0 Å². The van der Waals surface area contributed by atoms with E-state index in [9.17, 15) is 19.8 Å². The van der Waals surface area contributed by atoms with Gasteiger partial charge in [0, 0.05) is 31.2 Å². The Labute approximate surface area is 266 Å². The van der Waals surface area contributed by atoms with E-state index in [0.717, 1.165) is 0 Å². The molecule has 0 aliphatic rings. The number of amides is 2. The fourth-order valence-corrected chi connectivity index (χ4v) is 4.00. The minimum absolute atomic E-state index is 0. The van der Waals surface area contributed by atoms with Crippen LogP contribution in [0.4, 0.5) is 0 Å². The van der Waals surface area contributed by atoms with Crippen LogP contribution in [0.3, 0.4) is 0 Å². The Balaban J connectivity index is 0.000000280. The van der Waals surface area contributed by atoms with Gasteiger partial charge in [-0.15, -0.1) is 0 Å². The van der Waals surface area contributed by atoms with E-state index in [1.807, 2.05) is 0 Å². The van der Waals surface area contributed by atoms with Gasteiger partial charge in [-0.2, -0.15) is 10.2 Å². The molecule has 0 fully saturated rings. The number of hydrazone groups is 2. The van der Waals surface area contributed by atoms with Crippen molar-refractivity contribution in [3.8, 4) is 11.5 Å². The second kappa shape index (κ2) is 16.6. The Hall–Kier alpha value is -3.56. The number of halogens is 4. The van der Waals surface area contributed by atoms with Gasteiger partial charge in [0.25, 0.3) is 11.8 Å². The molecule has 0 saturated heterocycles. The standard InChI is InChI=1S/2C14H10Cl2N2O2.Mn/c2*15-11-6-10(13(19)12(16)7-11)8-17-18-14(20)9-4-2-1-3-5-9;/h2*1-8,19H,(H,18,20);/q;;+2/p-2/b17-8+;17-8-;. The van der Waals surface area contributed by atoms with Crippen LogP contribution < -0.4 is 21.1 Å². The molecular weight excluding hydrogens is 653 g/mol. The Kier molecular flexibility index (Phi) is 13.7. The molecule has 0 unspecified atom stereocenters. The molecule has 0 aliphatic carbocycles. The molecule has 2 amide bonds. The van der Waals surface area contributed by atoms with Crippen molar-refractivity contribution in [1.29, 1.82) is 0 Å². The molecule has 1 radical (unpaired) electrons. The molecule has 2 N–H and O–H groups in total. The maximum Gasteiger partial charge on any atom is 2.00 e. The molecular formula is C28H18Cl4MnN4O4. The molecule has 209 valence electrons. The van der Waals surface area contributed by atoms with Crippen LogP contribution in [0.5, 0.6) is 11.5 Å². The van der Waals surface area contributed by atoms with Crippen molar-refractivity contribution in [2.24, 2.45) is 10.2 Å². The molecule has 0 aliphatic heterocycles. The molecule has 4 aromatic carbocycles. The molecule has 0 aromatic heterocycles. The van der Waals surface area contributed by atoms with Crippen LogP contribution in [0, 0.1) is 0 Å². The first-order valence-electron chi connectivity index (χ1n) is 11.2. The second-order valence-electron chi connectivity index (χ2n) is 7.74. The van der Waals surface area contributed by atoms with Crippen LogP contribution in [0.15, 0.2) is 95.1 Å². The number of benzene rings is 4. The third kappa shape index (κ3) is 10.4. The summed E-state index contributed by atoms with van der Waals surface area (Å²) in [6.45, 7) is 0. The molecule has 0 heterocycles. The third-order valence-corrected chi connectivity index (χ3v) is 5.88. The smallest absolute Gasteiger partial charge is 0.871 e. The van der Waals surface area contributed by atoms with Gasteiger partial charge in [0.1, 0.15) is 0 Å².